The maximum atomic E-state index is 13.1. The van der Waals surface area contributed by atoms with Crippen LogP contribution in [0.2, 0.25) is 10.0 Å². The second-order valence-corrected chi connectivity index (χ2v) is 7.48. The number of halogens is 2. The molecule has 6 nitrogen and oxygen atoms in total. The third kappa shape index (κ3) is 3.08. The third-order valence-electron chi connectivity index (χ3n) is 4.47. The molecule has 0 radical (unpaired) electrons. The number of benzene rings is 2. The quantitative estimate of drug-likeness (QED) is 0.748. The predicted molar refractivity (Wildman–Crippen MR) is 107 cm³/mol. The van der Waals surface area contributed by atoms with Gasteiger partial charge in [-0.25, -0.2) is 0 Å². The number of fused-ring (bicyclic) bond motifs is 1. The van der Waals surface area contributed by atoms with E-state index in [1.165, 1.54) is 4.90 Å². The van der Waals surface area contributed by atoms with Crippen LogP contribution in [0.15, 0.2) is 42.1 Å². The van der Waals surface area contributed by atoms with Gasteiger partial charge in [-0.1, -0.05) is 29.3 Å². The average Bonchev–Trinajstić information content (AvgIpc) is 3.18. The Morgan fingerprint density at radius 1 is 1.00 bits per heavy atom. The van der Waals surface area contributed by atoms with Crippen LogP contribution in [-0.2, 0) is 9.59 Å². The molecule has 0 saturated heterocycles. The van der Waals surface area contributed by atoms with Crippen molar-refractivity contribution in [3.63, 3.8) is 0 Å². The molecule has 8 heteroatoms. The van der Waals surface area contributed by atoms with Gasteiger partial charge in [-0.05, 0) is 38.1 Å². The van der Waals surface area contributed by atoms with Gasteiger partial charge in [0.05, 0.1) is 10.6 Å². The molecule has 0 aliphatic carbocycles. The summed E-state index contributed by atoms with van der Waals surface area (Å²) in [5.41, 5.74) is 1.39. The molecule has 144 valence electrons. The second-order valence-electron chi connectivity index (χ2n) is 6.64. The summed E-state index contributed by atoms with van der Waals surface area (Å²) in [5.74, 6) is 0.360. The summed E-state index contributed by atoms with van der Waals surface area (Å²) in [6.07, 6.45) is 0. The van der Waals surface area contributed by atoms with Crippen molar-refractivity contribution < 1.29 is 19.1 Å². The Bertz CT molecular complexity index is 1030. The monoisotopic (exact) mass is 418 g/mol. The molecule has 0 saturated carbocycles. The highest BCUT2D eigenvalue weighted by Gasteiger charge is 2.41. The average molecular weight is 419 g/mol. The van der Waals surface area contributed by atoms with Gasteiger partial charge in [0.15, 0.2) is 11.5 Å². The third-order valence-corrected chi connectivity index (χ3v) is 5.02. The van der Waals surface area contributed by atoms with Gasteiger partial charge in [0, 0.05) is 28.4 Å². The molecular formula is C20H16Cl2N2O4. The first-order chi connectivity index (χ1) is 13.4. The van der Waals surface area contributed by atoms with Gasteiger partial charge in [0.2, 0.25) is 6.79 Å². The van der Waals surface area contributed by atoms with Crippen LogP contribution < -0.4 is 14.8 Å². The van der Waals surface area contributed by atoms with E-state index in [0.29, 0.717) is 32.8 Å². The molecule has 1 N–H and O–H groups in total. The van der Waals surface area contributed by atoms with Gasteiger partial charge in [0.1, 0.15) is 5.70 Å². The second kappa shape index (κ2) is 7.04. The van der Waals surface area contributed by atoms with Crippen molar-refractivity contribution in [2.24, 2.45) is 0 Å². The highest BCUT2D eigenvalue weighted by Crippen LogP contribution is 2.38. The van der Waals surface area contributed by atoms with Crippen LogP contribution in [0.4, 0.5) is 5.69 Å². The zero-order valence-corrected chi connectivity index (χ0v) is 16.6. The summed E-state index contributed by atoms with van der Waals surface area (Å²) < 4.78 is 10.7. The number of nitrogens with one attached hydrogen (secondary N) is 1. The van der Waals surface area contributed by atoms with Gasteiger partial charge in [-0.2, -0.15) is 0 Å². The Balaban J connectivity index is 1.81. The minimum atomic E-state index is -0.418. The summed E-state index contributed by atoms with van der Waals surface area (Å²) in [5, 5.41) is 3.80. The lowest BCUT2D eigenvalue weighted by molar-refractivity contribution is -0.138. The van der Waals surface area contributed by atoms with E-state index in [1.54, 1.807) is 50.2 Å². The Morgan fingerprint density at radius 3 is 2.46 bits per heavy atom. The lowest BCUT2D eigenvalue weighted by Crippen LogP contribution is -2.38. The molecule has 2 heterocycles. The van der Waals surface area contributed by atoms with Crippen molar-refractivity contribution in [1.29, 1.82) is 0 Å². The molecular weight excluding hydrogens is 403 g/mol. The van der Waals surface area contributed by atoms with Crippen LogP contribution in [0.1, 0.15) is 19.4 Å². The van der Waals surface area contributed by atoms with Crippen LogP contribution in [0.5, 0.6) is 11.5 Å². The topological polar surface area (TPSA) is 67.9 Å². The molecule has 0 spiro atoms. The standard InChI is InChI=1S/C20H16Cl2N2O4/c1-10(2)24-19(25)17(13-5-3-11(21)7-14(13)22)18(20(24)26)23-12-4-6-15-16(8-12)28-9-27-15/h3-8,10,23H,9H2,1-2H3. The summed E-state index contributed by atoms with van der Waals surface area (Å²) in [6, 6.07) is 9.70. The number of hydrogen-bond acceptors (Lipinski definition) is 5. The molecule has 28 heavy (non-hydrogen) atoms. The molecule has 2 aromatic carbocycles. The molecule has 0 aromatic heterocycles. The zero-order valence-electron chi connectivity index (χ0n) is 15.1. The van der Waals surface area contributed by atoms with Crippen molar-refractivity contribution in [3.05, 3.63) is 57.7 Å². The first-order valence-electron chi connectivity index (χ1n) is 8.61. The Hall–Kier alpha value is -2.70. The fraction of sp³-hybridized carbons (Fsp3) is 0.200. The van der Waals surface area contributed by atoms with E-state index in [0.717, 1.165) is 0 Å². The van der Waals surface area contributed by atoms with E-state index in [9.17, 15) is 9.59 Å². The van der Waals surface area contributed by atoms with Crippen LogP contribution in [0.25, 0.3) is 5.57 Å². The normalized spacial score (nSPS) is 15.8. The van der Waals surface area contributed by atoms with Gasteiger partial charge in [0.25, 0.3) is 11.8 Å². The number of imide groups is 1. The maximum Gasteiger partial charge on any atom is 0.278 e. The minimum Gasteiger partial charge on any atom is -0.454 e. The van der Waals surface area contributed by atoms with E-state index in [-0.39, 0.29) is 24.1 Å². The Morgan fingerprint density at radius 2 is 1.75 bits per heavy atom. The highest BCUT2D eigenvalue weighted by molar-refractivity contribution is 6.41. The molecule has 0 fully saturated rings. The van der Waals surface area contributed by atoms with Crippen molar-refractivity contribution in [2.45, 2.75) is 19.9 Å². The van der Waals surface area contributed by atoms with E-state index in [1.807, 2.05) is 0 Å². The summed E-state index contributed by atoms with van der Waals surface area (Å²) >= 11 is 12.3. The molecule has 4 rings (SSSR count). The fourth-order valence-corrected chi connectivity index (χ4v) is 3.70. The summed E-state index contributed by atoms with van der Waals surface area (Å²) in [4.78, 5) is 27.3. The number of carbonyl (C=O) groups excluding carboxylic acids is 2. The molecule has 2 amide bonds. The number of amides is 2. The predicted octanol–water partition coefficient (Wildman–Crippen LogP) is 4.32. The van der Waals surface area contributed by atoms with E-state index in [2.05, 4.69) is 5.32 Å². The van der Waals surface area contributed by atoms with Crippen LogP contribution in [0, 0.1) is 0 Å². The smallest absolute Gasteiger partial charge is 0.278 e. The van der Waals surface area contributed by atoms with Crippen molar-refractivity contribution in [1.82, 2.24) is 4.90 Å². The number of hydrogen-bond donors (Lipinski definition) is 1. The van der Waals surface area contributed by atoms with Crippen LogP contribution in [-0.4, -0.2) is 29.5 Å². The van der Waals surface area contributed by atoms with Crippen molar-refractivity contribution in [3.8, 4) is 11.5 Å². The first kappa shape index (κ1) is 18.7. The number of ether oxygens (including phenoxy) is 2. The molecule has 0 bridgehead atoms. The highest BCUT2D eigenvalue weighted by atomic mass is 35.5. The van der Waals surface area contributed by atoms with Crippen molar-refractivity contribution >= 4 is 46.3 Å². The fourth-order valence-electron chi connectivity index (χ4n) is 3.19. The maximum absolute atomic E-state index is 13.1. The lowest BCUT2D eigenvalue weighted by Gasteiger charge is -2.19. The van der Waals surface area contributed by atoms with Gasteiger partial charge in [-0.15, -0.1) is 0 Å². The lowest BCUT2D eigenvalue weighted by atomic mass is 10.0. The van der Waals surface area contributed by atoms with E-state index < -0.39 is 11.8 Å². The van der Waals surface area contributed by atoms with E-state index >= 15 is 0 Å². The molecule has 0 unspecified atom stereocenters. The SMILES string of the molecule is CC(C)N1C(=O)C(Nc2ccc3c(c2)OCO3)=C(c2ccc(Cl)cc2Cl)C1=O. The largest absolute Gasteiger partial charge is 0.454 e. The number of carbonyl (C=O) groups is 2. The number of rotatable bonds is 4. The summed E-state index contributed by atoms with van der Waals surface area (Å²) in [6.45, 7) is 3.70. The number of anilines is 1. The van der Waals surface area contributed by atoms with Crippen LogP contribution in [0.3, 0.4) is 0 Å². The van der Waals surface area contributed by atoms with Gasteiger partial charge < -0.3 is 14.8 Å². The molecule has 0 atom stereocenters. The van der Waals surface area contributed by atoms with Gasteiger partial charge >= 0.3 is 0 Å². The Kier molecular flexibility index (Phi) is 4.69. The Labute approximate surface area is 171 Å². The van der Waals surface area contributed by atoms with Crippen LogP contribution >= 0.6 is 23.2 Å². The number of nitrogens with zero attached hydrogens (tertiary/aromatic N) is 1. The molecule has 2 aliphatic rings. The minimum absolute atomic E-state index is 0.145. The molecule has 2 aromatic rings. The first-order valence-corrected chi connectivity index (χ1v) is 9.36. The molecule has 2 aliphatic heterocycles. The zero-order chi connectivity index (χ0) is 20.0. The van der Waals surface area contributed by atoms with Crippen molar-refractivity contribution in [2.75, 3.05) is 12.1 Å². The van der Waals surface area contributed by atoms with Gasteiger partial charge in [-0.3, -0.25) is 14.5 Å². The van der Waals surface area contributed by atoms with E-state index in [4.69, 9.17) is 32.7 Å². The summed E-state index contributed by atoms with van der Waals surface area (Å²) in [7, 11) is 0.